The normalized spacial score (nSPS) is 9.65. The average molecular weight is 336 g/mol. The second-order valence-electron chi connectivity index (χ2n) is 4.75. The Kier molecular flexibility index (Phi) is 7.22. The Morgan fingerprint density at radius 1 is 1.26 bits per heavy atom. The summed E-state index contributed by atoms with van der Waals surface area (Å²) in [5, 5.41) is 0. The van der Waals surface area contributed by atoms with E-state index in [1.165, 1.54) is 13.2 Å². The van der Waals surface area contributed by atoms with E-state index < -0.39 is 5.97 Å². The Hall–Kier alpha value is -2.40. The fraction of sp³-hybridized carbons (Fsp3) is 0.235. The van der Waals surface area contributed by atoms with E-state index in [1.54, 1.807) is 30.5 Å². The zero-order valence-corrected chi connectivity index (χ0v) is 13.7. The Morgan fingerprint density at radius 2 is 2.04 bits per heavy atom. The van der Waals surface area contributed by atoms with Gasteiger partial charge in [-0.25, -0.2) is 9.36 Å². The van der Waals surface area contributed by atoms with E-state index in [0.29, 0.717) is 23.2 Å². The van der Waals surface area contributed by atoms with Crippen molar-refractivity contribution in [2.75, 3.05) is 7.11 Å². The summed E-state index contributed by atoms with van der Waals surface area (Å²) in [4.78, 5) is 23.0. The SMILES string of the molecule is CCC[n+]1cccc(C(=O)Oc2ccc(C=O)cc2OC)c1.[Cl-]. The quantitative estimate of drug-likeness (QED) is 0.307. The molecular weight excluding hydrogens is 318 g/mol. The molecule has 0 atom stereocenters. The Morgan fingerprint density at radius 3 is 2.70 bits per heavy atom. The van der Waals surface area contributed by atoms with E-state index >= 15 is 0 Å². The molecule has 23 heavy (non-hydrogen) atoms. The van der Waals surface area contributed by atoms with Gasteiger partial charge < -0.3 is 21.9 Å². The first-order valence-electron chi connectivity index (χ1n) is 7.02. The smallest absolute Gasteiger partial charge is 0.349 e. The molecule has 5 nitrogen and oxygen atoms in total. The maximum Gasteiger partial charge on any atom is 0.349 e. The van der Waals surface area contributed by atoms with Crippen molar-refractivity contribution in [2.24, 2.45) is 0 Å². The van der Waals surface area contributed by atoms with Gasteiger partial charge in [-0.3, -0.25) is 4.79 Å². The molecule has 0 aliphatic rings. The van der Waals surface area contributed by atoms with Crippen LogP contribution in [-0.4, -0.2) is 19.4 Å². The average Bonchev–Trinajstić information content (AvgIpc) is 2.55. The number of aromatic nitrogens is 1. The summed E-state index contributed by atoms with van der Waals surface area (Å²) < 4.78 is 12.4. The van der Waals surface area contributed by atoms with Gasteiger partial charge in [-0.15, -0.1) is 0 Å². The molecule has 1 heterocycles. The van der Waals surface area contributed by atoms with E-state index in [2.05, 4.69) is 6.92 Å². The highest BCUT2D eigenvalue weighted by atomic mass is 35.5. The number of aryl methyl sites for hydroxylation is 1. The van der Waals surface area contributed by atoms with Crippen molar-refractivity contribution in [3.8, 4) is 11.5 Å². The number of hydrogen-bond donors (Lipinski definition) is 0. The van der Waals surface area contributed by atoms with Crippen molar-refractivity contribution < 1.29 is 36.0 Å². The number of carbonyl (C=O) groups excluding carboxylic acids is 2. The highest BCUT2D eigenvalue weighted by Gasteiger charge is 2.15. The minimum Gasteiger partial charge on any atom is -1.00 e. The number of hydrogen-bond acceptors (Lipinski definition) is 4. The maximum atomic E-state index is 12.2. The molecule has 0 bridgehead atoms. The van der Waals surface area contributed by atoms with Crippen molar-refractivity contribution in [3.05, 3.63) is 53.9 Å². The molecule has 0 saturated heterocycles. The van der Waals surface area contributed by atoms with Gasteiger partial charge in [0.1, 0.15) is 18.4 Å². The molecule has 2 rings (SSSR count). The number of benzene rings is 1. The van der Waals surface area contributed by atoms with Gasteiger partial charge in [0.05, 0.1) is 7.11 Å². The Bertz CT molecular complexity index is 688. The third kappa shape index (κ3) is 4.79. The van der Waals surface area contributed by atoms with Crippen LogP contribution in [0, 0.1) is 0 Å². The fourth-order valence-corrected chi connectivity index (χ4v) is 2.04. The van der Waals surface area contributed by atoms with Gasteiger partial charge >= 0.3 is 5.97 Å². The molecule has 0 N–H and O–H groups in total. The number of rotatable bonds is 6. The first-order chi connectivity index (χ1) is 10.7. The molecule has 6 heteroatoms. The highest BCUT2D eigenvalue weighted by Crippen LogP contribution is 2.28. The van der Waals surface area contributed by atoms with Crippen molar-refractivity contribution in [3.63, 3.8) is 0 Å². The molecule has 0 radical (unpaired) electrons. The third-order valence-corrected chi connectivity index (χ3v) is 3.10. The summed E-state index contributed by atoms with van der Waals surface area (Å²) in [5.41, 5.74) is 0.912. The molecule has 0 unspecified atom stereocenters. The molecule has 0 aliphatic heterocycles. The summed E-state index contributed by atoms with van der Waals surface area (Å²) in [6.07, 6.45) is 5.33. The number of nitrogens with zero attached hydrogens (tertiary/aromatic N) is 1. The predicted octanol–water partition coefficient (Wildman–Crippen LogP) is -0.572. The number of esters is 1. The van der Waals surface area contributed by atoms with Gasteiger partial charge in [0.25, 0.3) is 0 Å². The molecule has 0 amide bonds. The molecule has 0 spiro atoms. The largest absolute Gasteiger partial charge is 1.00 e. The zero-order chi connectivity index (χ0) is 15.9. The lowest BCUT2D eigenvalue weighted by Crippen LogP contribution is -3.00. The van der Waals surface area contributed by atoms with Crippen LogP contribution in [0.4, 0.5) is 0 Å². The van der Waals surface area contributed by atoms with Crippen molar-refractivity contribution >= 4 is 12.3 Å². The maximum absolute atomic E-state index is 12.2. The predicted molar refractivity (Wildman–Crippen MR) is 80.3 cm³/mol. The lowest BCUT2D eigenvalue weighted by molar-refractivity contribution is -0.697. The standard InChI is InChI=1S/C17H18NO4.ClH/c1-3-8-18-9-4-5-14(11-18)17(20)22-15-7-6-13(12-19)10-16(15)21-2;/h4-7,9-12H,3,8H2,1-2H3;1H/q+1;/p-1. The first-order valence-corrected chi connectivity index (χ1v) is 7.02. The van der Waals surface area contributed by atoms with Crippen LogP contribution in [0.15, 0.2) is 42.7 Å². The summed E-state index contributed by atoms with van der Waals surface area (Å²) in [6.45, 7) is 2.90. The summed E-state index contributed by atoms with van der Waals surface area (Å²) in [6, 6.07) is 8.14. The lowest BCUT2D eigenvalue weighted by atomic mass is 10.2. The van der Waals surface area contributed by atoms with Crippen LogP contribution in [-0.2, 0) is 6.54 Å². The lowest BCUT2D eigenvalue weighted by Gasteiger charge is -2.09. The fourth-order valence-electron chi connectivity index (χ4n) is 2.04. The number of methoxy groups -OCH3 is 1. The van der Waals surface area contributed by atoms with Crippen molar-refractivity contribution in [1.29, 1.82) is 0 Å². The molecular formula is C17H18ClNO4. The minimum absolute atomic E-state index is 0. The molecule has 0 saturated carbocycles. The highest BCUT2D eigenvalue weighted by molar-refractivity contribution is 5.91. The summed E-state index contributed by atoms with van der Waals surface area (Å²) >= 11 is 0. The molecule has 1 aromatic carbocycles. The minimum atomic E-state index is -0.470. The van der Waals surface area contributed by atoms with Crippen molar-refractivity contribution in [2.45, 2.75) is 19.9 Å². The topological polar surface area (TPSA) is 56.5 Å². The Balaban J connectivity index is 0.00000264. The summed E-state index contributed by atoms with van der Waals surface area (Å²) in [7, 11) is 1.46. The second kappa shape index (κ2) is 8.90. The van der Waals surface area contributed by atoms with E-state index in [4.69, 9.17) is 9.47 Å². The van der Waals surface area contributed by atoms with Gasteiger partial charge in [-0.1, -0.05) is 6.92 Å². The number of pyridine rings is 1. The van der Waals surface area contributed by atoms with E-state index in [1.807, 2.05) is 10.8 Å². The van der Waals surface area contributed by atoms with Gasteiger partial charge in [-0.05, 0) is 24.3 Å². The number of carbonyl (C=O) groups is 2. The van der Waals surface area contributed by atoms with Crippen LogP contribution in [0.2, 0.25) is 0 Å². The molecule has 1 aromatic heterocycles. The number of halogens is 1. The number of aldehydes is 1. The van der Waals surface area contributed by atoms with Crippen LogP contribution in [0.5, 0.6) is 11.5 Å². The van der Waals surface area contributed by atoms with Gasteiger partial charge in [0.15, 0.2) is 23.9 Å². The van der Waals surface area contributed by atoms with Gasteiger partial charge in [-0.2, -0.15) is 0 Å². The van der Waals surface area contributed by atoms with Crippen LogP contribution in [0.3, 0.4) is 0 Å². The van der Waals surface area contributed by atoms with Gasteiger partial charge in [0.2, 0.25) is 0 Å². The number of ether oxygens (including phenoxy) is 2. The zero-order valence-electron chi connectivity index (χ0n) is 13.0. The van der Waals surface area contributed by atoms with Gasteiger partial charge in [0, 0.05) is 18.1 Å². The van der Waals surface area contributed by atoms with Crippen LogP contribution >= 0.6 is 0 Å². The molecule has 0 fully saturated rings. The molecule has 0 aliphatic carbocycles. The monoisotopic (exact) mass is 335 g/mol. The molecule has 2 aromatic rings. The first kappa shape index (κ1) is 18.6. The molecule has 122 valence electrons. The van der Waals surface area contributed by atoms with E-state index in [0.717, 1.165) is 13.0 Å². The summed E-state index contributed by atoms with van der Waals surface area (Å²) in [5.74, 6) is 0.155. The Labute approximate surface area is 141 Å². The van der Waals surface area contributed by atoms with E-state index in [-0.39, 0.29) is 18.2 Å². The van der Waals surface area contributed by atoms with Crippen molar-refractivity contribution in [1.82, 2.24) is 0 Å². The van der Waals surface area contributed by atoms with E-state index in [9.17, 15) is 9.59 Å². The van der Waals surface area contributed by atoms with Crippen LogP contribution in [0.1, 0.15) is 34.1 Å². The van der Waals surface area contributed by atoms with Crippen LogP contribution in [0.25, 0.3) is 0 Å². The second-order valence-corrected chi connectivity index (χ2v) is 4.75. The van der Waals surface area contributed by atoms with Crippen LogP contribution < -0.4 is 26.4 Å². The third-order valence-electron chi connectivity index (χ3n) is 3.10.